The fourth-order valence-corrected chi connectivity index (χ4v) is 1.54. The van der Waals surface area contributed by atoms with Crippen LogP contribution in [0.3, 0.4) is 0 Å². The molecule has 0 saturated heterocycles. The lowest BCUT2D eigenvalue weighted by Gasteiger charge is -2.04. The number of halogens is 2. The minimum Gasteiger partial charge on any atom is -0.322 e. The zero-order valence-electron chi connectivity index (χ0n) is 7.63. The average molecular weight is 224 g/mol. The molecule has 0 unspecified atom stereocenters. The van der Waals surface area contributed by atoms with E-state index in [9.17, 15) is 9.18 Å². The van der Waals surface area contributed by atoms with Gasteiger partial charge in [0.2, 0.25) is 5.56 Å². The molecule has 2 rings (SSSR count). The summed E-state index contributed by atoms with van der Waals surface area (Å²) >= 11 is 5.78. The molecule has 1 aromatic heterocycles. The van der Waals surface area contributed by atoms with Gasteiger partial charge >= 0.3 is 0 Å². The lowest BCUT2D eigenvalue weighted by molar-refractivity contribution is 0.628. The van der Waals surface area contributed by atoms with Crippen molar-refractivity contribution in [3.63, 3.8) is 0 Å². The zero-order valence-corrected chi connectivity index (χ0v) is 8.38. The normalized spacial score (nSPS) is 10.3. The van der Waals surface area contributed by atoms with E-state index < -0.39 is 5.82 Å². The molecule has 0 aliphatic heterocycles. The van der Waals surface area contributed by atoms with Gasteiger partial charge in [-0.2, -0.15) is 0 Å². The molecule has 1 N–H and O–H groups in total. The van der Waals surface area contributed by atoms with E-state index in [4.69, 9.17) is 11.6 Å². The highest BCUT2D eigenvalue weighted by atomic mass is 35.5. The Balaban J connectivity index is 2.64. The van der Waals surface area contributed by atoms with Crippen molar-refractivity contribution in [1.29, 1.82) is 0 Å². The first kappa shape index (κ1) is 9.93. The van der Waals surface area contributed by atoms with Crippen molar-refractivity contribution < 1.29 is 4.39 Å². The van der Waals surface area contributed by atoms with E-state index >= 15 is 0 Å². The third-order valence-electron chi connectivity index (χ3n) is 2.01. The summed E-state index contributed by atoms with van der Waals surface area (Å²) in [5, 5.41) is 0.0133. The minimum atomic E-state index is -0.501. The standard InChI is InChI=1S/C11H7ClFNO/c12-11-7(3-1-4-8(11)13)9-5-2-6-10(15)14-9/h1-6H,(H,14,15). The minimum absolute atomic E-state index is 0.0133. The maximum atomic E-state index is 13.1. The van der Waals surface area contributed by atoms with E-state index in [1.165, 1.54) is 12.1 Å². The summed E-state index contributed by atoms with van der Waals surface area (Å²) in [6, 6.07) is 9.11. The number of rotatable bonds is 1. The predicted molar refractivity (Wildman–Crippen MR) is 57.5 cm³/mol. The molecule has 1 aromatic carbocycles. The van der Waals surface area contributed by atoms with E-state index in [1.807, 2.05) is 0 Å². The quantitative estimate of drug-likeness (QED) is 0.792. The van der Waals surface area contributed by atoms with Gasteiger partial charge in [0.15, 0.2) is 0 Å². The monoisotopic (exact) mass is 223 g/mol. The molecule has 0 spiro atoms. The maximum absolute atomic E-state index is 13.1. The van der Waals surface area contributed by atoms with Gasteiger partial charge < -0.3 is 4.98 Å². The Morgan fingerprint density at radius 1 is 1.13 bits per heavy atom. The van der Waals surface area contributed by atoms with Crippen molar-refractivity contribution in [1.82, 2.24) is 4.98 Å². The summed E-state index contributed by atoms with van der Waals surface area (Å²) in [6.07, 6.45) is 0. The van der Waals surface area contributed by atoms with Gasteiger partial charge in [-0.05, 0) is 12.1 Å². The van der Waals surface area contributed by atoms with E-state index in [0.717, 1.165) is 0 Å². The molecule has 76 valence electrons. The molecule has 0 radical (unpaired) electrons. The molecule has 1 heterocycles. The van der Waals surface area contributed by atoms with Crippen LogP contribution in [0.2, 0.25) is 5.02 Å². The fourth-order valence-electron chi connectivity index (χ4n) is 1.32. The number of hydrogen-bond acceptors (Lipinski definition) is 1. The zero-order chi connectivity index (χ0) is 10.8. The highest BCUT2D eigenvalue weighted by Crippen LogP contribution is 2.27. The van der Waals surface area contributed by atoms with Gasteiger partial charge in [-0.3, -0.25) is 4.79 Å². The van der Waals surface area contributed by atoms with E-state index in [1.54, 1.807) is 24.3 Å². The summed E-state index contributed by atoms with van der Waals surface area (Å²) in [5.41, 5.74) is 0.745. The largest absolute Gasteiger partial charge is 0.322 e. The number of hydrogen-bond donors (Lipinski definition) is 1. The summed E-state index contributed by atoms with van der Waals surface area (Å²) in [6.45, 7) is 0. The van der Waals surface area contributed by atoms with Gasteiger partial charge in [0, 0.05) is 17.3 Å². The molecule has 0 bridgehead atoms. The first-order valence-corrected chi connectivity index (χ1v) is 4.70. The smallest absolute Gasteiger partial charge is 0.248 e. The molecular formula is C11H7ClFNO. The van der Waals surface area contributed by atoms with Crippen LogP contribution in [0.1, 0.15) is 0 Å². The van der Waals surface area contributed by atoms with Crippen LogP contribution < -0.4 is 5.56 Å². The van der Waals surface area contributed by atoms with Gasteiger partial charge in [0.05, 0.1) is 5.02 Å². The molecule has 4 heteroatoms. The number of benzene rings is 1. The average Bonchev–Trinajstić information content (AvgIpc) is 2.22. The summed E-state index contributed by atoms with van der Waals surface area (Å²) in [5.74, 6) is -0.501. The third-order valence-corrected chi connectivity index (χ3v) is 2.39. The second kappa shape index (κ2) is 3.87. The van der Waals surface area contributed by atoms with Gasteiger partial charge in [-0.1, -0.05) is 29.8 Å². The molecule has 15 heavy (non-hydrogen) atoms. The number of aromatic amines is 1. The van der Waals surface area contributed by atoms with Crippen molar-refractivity contribution in [2.24, 2.45) is 0 Å². The molecule has 0 amide bonds. The van der Waals surface area contributed by atoms with Crippen LogP contribution in [-0.2, 0) is 0 Å². The van der Waals surface area contributed by atoms with Crippen molar-refractivity contribution in [3.8, 4) is 11.3 Å². The first-order chi connectivity index (χ1) is 7.18. The first-order valence-electron chi connectivity index (χ1n) is 4.32. The van der Waals surface area contributed by atoms with Crippen molar-refractivity contribution >= 4 is 11.6 Å². The Bertz CT molecular complexity index is 550. The molecule has 0 aliphatic carbocycles. The number of aromatic nitrogens is 1. The molecule has 0 saturated carbocycles. The number of nitrogens with one attached hydrogen (secondary N) is 1. The molecular weight excluding hydrogens is 217 g/mol. The second-order valence-electron chi connectivity index (χ2n) is 3.03. The SMILES string of the molecule is O=c1cccc(-c2cccc(F)c2Cl)[nH]1. The van der Waals surface area contributed by atoms with Crippen LogP contribution in [-0.4, -0.2) is 4.98 Å². The highest BCUT2D eigenvalue weighted by molar-refractivity contribution is 6.33. The Labute approximate surface area is 90.3 Å². The third kappa shape index (κ3) is 1.92. The fraction of sp³-hybridized carbons (Fsp3) is 0. The van der Waals surface area contributed by atoms with Gasteiger partial charge in [-0.15, -0.1) is 0 Å². The maximum Gasteiger partial charge on any atom is 0.248 e. The van der Waals surface area contributed by atoms with Crippen molar-refractivity contribution in [2.45, 2.75) is 0 Å². The number of pyridine rings is 1. The Hall–Kier alpha value is -1.61. The van der Waals surface area contributed by atoms with Crippen LogP contribution in [0.25, 0.3) is 11.3 Å². The topological polar surface area (TPSA) is 32.9 Å². The Morgan fingerprint density at radius 3 is 2.60 bits per heavy atom. The predicted octanol–water partition coefficient (Wildman–Crippen LogP) is 2.83. The van der Waals surface area contributed by atoms with Gasteiger partial charge in [0.1, 0.15) is 5.82 Å². The van der Waals surface area contributed by atoms with Crippen LogP contribution >= 0.6 is 11.6 Å². The molecule has 2 aromatic rings. The summed E-state index contributed by atoms with van der Waals surface area (Å²) in [7, 11) is 0. The van der Waals surface area contributed by atoms with Crippen LogP contribution in [0, 0.1) is 5.82 Å². The van der Waals surface area contributed by atoms with Crippen molar-refractivity contribution in [3.05, 3.63) is 57.6 Å². The summed E-state index contributed by atoms with van der Waals surface area (Å²) in [4.78, 5) is 13.7. The highest BCUT2D eigenvalue weighted by Gasteiger charge is 2.07. The second-order valence-corrected chi connectivity index (χ2v) is 3.41. The van der Waals surface area contributed by atoms with Crippen molar-refractivity contribution in [2.75, 3.05) is 0 Å². The van der Waals surface area contributed by atoms with E-state index in [-0.39, 0.29) is 10.6 Å². The molecule has 0 aliphatic rings. The van der Waals surface area contributed by atoms with E-state index in [2.05, 4.69) is 4.98 Å². The van der Waals surface area contributed by atoms with E-state index in [0.29, 0.717) is 11.3 Å². The van der Waals surface area contributed by atoms with Crippen LogP contribution in [0.5, 0.6) is 0 Å². The van der Waals surface area contributed by atoms with Crippen LogP contribution in [0.15, 0.2) is 41.2 Å². The Kier molecular flexibility index (Phi) is 2.56. The van der Waals surface area contributed by atoms with Gasteiger partial charge in [-0.25, -0.2) is 4.39 Å². The molecule has 0 atom stereocenters. The lowest BCUT2D eigenvalue weighted by atomic mass is 10.1. The molecule has 2 nitrogen and oxygen atoms in total. The Morgan fingerprint density at radius 2 is 1.87 bits per heavy atom. The lowest BCUT2D eigenvalue weighted by Crippen LogP contribution is -2.03. The van der Waals surface area contributed by atoms with Crippen LogP contribution in [0.4, 0.5) is 4.39 Å². The number of H-pyrrole nitrogens is 1. The summed E-state index contributed by atoms with van der Waals surface area (Å²) < 4.78 is 13.1. The van der Waals surface area contributed by atoms with Gasteiger partial charge in [0.25, 0.3) is 0 Å². The molecule has 0 fully saturated rings.